The Kier molecular flexibility index (Phi) is 4.04. The van der Waals surface area contributed by atoms with E-state index in [0.717, 1.165) is 12.6 Å². The van der Waals surface area contributed by atoms with Gasteiger partial charge in [-0.15, -0.1) is 0 Å². The highest BCUT2D eigenvalue weighted by Crippen LogP contribution is 2.00. The molecular formula is C10H15N3O3. The minimum atomic E-state index is -1.28. The zero-order chi connectivity index (χ0) is 12.1. The minimum Gasteiger partial charge on any atom is -0.477 e. The van der Waals surface area contributed by atoms with Gasteiger partial charge in [0.25, 0.3) is 5.56 Å². The second kappa shape index (κ2) is 5.29. The fraction of sp³-hybridized carbons (Fsp3) is 0.500. The second-order valence-corrected chi connectivity index (χ2v) is 3.89. The van der Waals surface area contributed by atoms with Crippen molar-refractivity contribution in [3.63, 3.8) is 0 Å². The van der Waals surface area contributed by atoms with Gasteiger partial charge >= 0.3 is 5.97 Å². The molecule has 1 aromatic rings. The summed E-state index contributed by atoms with van der Waals surface area (Å²) < 4.78 is 0. The number of anilines is 1. The number of carbonyl (C=O) groups is 1. The largest absolute Gasteiger partial charge is 0.477 e. The molecule has 1 heterocycles. The van der Waals surface area contributed by atoms with Crippen LogP contribution >= 0.6 is 0 Å². The van der Waals surface area contributed by atoms with Crippen molar-refractivity contribution in [3.05, 3.63) is 22.1 Å². The van der Waals surface area contributed by atoms with Crippen molar-refractivity contribution in [2.45, 2.75) is 20.3 Å². The minimum absolute atomic E-state index is 0.302. The Bertz CT molecular complexity index is 426. The number of aromatic carboxylic acids is 1. The molecule has 16 heavy (non-hydrogen) atoms. The van der Waals surface area contributed by atoms with E-state index in [9.17, 15) is 9.59 Å². The molecule has 6 heteroatoms. The molecule has 0 spiro atoms. The zero-order valence-corrected chi connectivity index (χ0v) is 9.28. The number of hydrogen-bond acceptors (Lipinski definition) is 4. The van der Waals surface area contributed by atoms with Crippen molar-refractivity contribution in [2.75, 3.05) is 11.9 Å². The topological polar surface area (TPSA) is 95.1 Å². The van der Waals surface area contributed by atoms with Crippen LogP contribution in [0.25, 0.3) is 0 Å². The van der Waals surface area contributed by atoms with Crippen LogP contribution in [0.2, 0.25) is 0 Å². The summed E-state index contributed by atoms with van der Waals surface area (Å²) in [6.07, 6.45) is 2.00. The van der Waals surface area contributed by atoms with Gasteiger partial charge in [-0.3, -0.25) is 9.78 Å². The molecule has 0 aliphatic rings. The summed E-state index contributed by atoms with van der Waals surface area (Å²) in [6.45, 7) is 4.86. The van der Waals surface area contributed by atoms with Crippen molar-refractivity contribution in [1.82, 2.24) is 9.97 Å². The fourth-order valence-corrected chi connectivity index (χ4v) is 1.12. The molecule has 0 radical (unpaired) electrons. The van der Waals surface area contributed by atoms with Crippen LogP contribution in [0.1, 0.15) is 30.6 Å². The molecule has 0 saturated heterocycles. The smallest absolute Gasteiger partial charge is 0.342 e. The number of hydrogen-bond donors (Lipinski definition) is 3. The first-order valence-corrected chi connectivity index (χ1v) is 5.07. The summed E-state index contributed by atoms with van der Waals surface area (Å²) >= 11 is 0. The molecule has 1 aromatic heterocycles. The highest BCUT2D eigenvalue weighted by Gasteiger charge is 2.09. The molecule has 0 unspecified atom stereocenters. The number of nitrogens with zero attached hydrogens (tertiary/aromatic N) is 1. The normalized spacial score (nSPS) is 10.4. The lowest BCUT2D eigenvalue weighted by Crippen LogP contribution is -2.20. The van der Waals surface area contributed by atoms with Gasteiger partial charge in [-0.2, -0.15) is 0 Å². The van der Waals surface area contributed by atoms with E-state index < -0.39 is 11.5 Å². The van der Waals surface area contributed by atoms with Gasteiger partial charge in [-0.1, -0.05) is 13.8 Å². The quantitative estimate of drug-likeness (QED) is 0.692. The molecule has 1 rings (SSSR count). The first-order chi connectivity index (χ1) is 7.50. The highest BCUT2D eigenvalue weighted by atomic mass is 16.4. The molecule has 0 saturated carbocycles. The van der Waals surface area contributed by atoms with Crippen LogP contribution in [-0.2, 0) is 0 Å². The van der Waals surface area contributed by atoms with Crippen molar-refractivity contribution in [2.24, 2.45) is 5.92 Å². The van der Waals surface area contributed by atoms with Gasteiger partial charge in [0, 0.05) is 6.54 Å². The molecule has 0 atom stereocenters. The van der Waals surface area contributed by atoms with E-state index in [0.29, 0.717) is 18.4 Å². The van der Waals surface area contributed by atoms with Gasteiger partial charge in [-0.25, -0.2) is 9.78 Å². The summed E-state index contributed by atoms with van der Waals surface area (Å²) in [7, 11) is 0. The molecule has 0 aliphatic carbocycles. The molecule has 6 nitrogen and oxygen atoms in total. The van der Waals surface area contributed by atoms with Gasteiger partial charge in [0.1, 0.15) is 5.56 Å². The Balaban J connectivity index is 2.67. The molecule has 0 aromatic carbocycles. The van der Waals surface area contributed by atoms with Crippen molar-refractivity contribution in [1.29, 1.82) is 0 Å². The Hall–Kier alpha value is -1.85. The Morgan fingerprint density at radius 3 is 2.81 bits per heavy atom. The predicted octanol–water partition coefficient (Wildman–Crippen LogP) is 0.926. The Morgan fingerprint density at radius 1 is 1.62 bits per heavy atom. The van der Waals surface area contributed by atoms with Crippen LogP contribution in [0.5, 0.6) is 0 Å². The lowest BCUT2D eigenvalue weighted by Gasteiger charge is -2.06. The van der Waals surface area contributed by atoms with E-state index in [-0.39, 0.29) is 5.56 Å². The Morgan fingerprint density at radius 2 is 2.31 bits per heavy atom. The van der Waals surface area contributed by atoms with Gasteiger partial charge in [0.2, 0.25) is 5.95 Å². The third-order valence-corrected chi connectivity index (χ3v) is 2.04. The number of carboxylic acid groups (broad SMARTS) is 1. The average Bonchev–Trinajstić information content (AvgIpc) is 2.16. The van der Waals surface area contributed by atoms with Crippen LogP contribution in [-0.4, -0.2) is 27.6 Å². The molecule has 3 N–H and O–H groups in total. The Labute approximate surface area is 92.7 Å². The predicted molar refractivity (Wildman–Crippen MR) is 59.8 cm³/mol. The second-order valence-electron chi connectivity index (χ2n) is 3.89. The number of aromatic amines is 1. The fourth-order valence-electron chi connectivity index (χ4n) is 1.12. The lowest BCUT2D eigenvalue weighted by atomic mass is 10.1. The highest BCUT2D eigenvalue weighted by molar-refractivity contribution is 5.86. The molecular weight excluding hydrogens is 210 g/mol. The summed E-state index contributed by atoms with van der Waals surface area (Å²) in [6, 6.07) is 0. The average molecular weight is 225 g/mol. The van der Waals surface area contributed by atoms with E-state index in [2.05, 4.69) is 29.1 Å². The van der Waals surface area contributed by atoms with E-state index >= 15 is 0 Å². The molecule has 0 amide bonds. The molecule has 88 valence electrons. The number of carboxylic acids is 1. The van der Waals surface area contributed by atoms with Crippen molar-refractivity contribution >= 4 is 11.9 Å². The number of H-pyrrole nitrogens is 1. The maximum Gasteiger partial charge on any atom is 0.342 e. The zero-order valence-electron chi connectivity index (χ0n) is 9.28. The van der Waals surface area contributed by atoms with Crippen LogP contribution in [0.15, 0.2) is 11.0 Å². The first kappa shape index (κ1) is 12.2. The number of nitrogens with one attached hydrogen (secondary N) is 2. The SMILES string of the molecule is CC(C)CCNc1ncc(C(=O)O)c(=O)[nH]1. The molecule has 0 fully saturated rings. The summed E-state index contributed by atoms with van der Waals surface area (Å²) in [5.41, 5.74) is -0.996. The van der Waals surface area contributed by atoms with Gasteiger partial charge in [-0.05, 0) is 12.3 Å². The summed E-state index contributed by atoms with van der Waals surface area (Å²) in [4.78, 5) is 28.0. The summed E-state index contributed by atoms with van der Waals surface area (Å²) in [5.74, 6) is -0.421. The number of aromatic nitrogens is 2. The van der Waals surface area contributed by atoms with E-state index in [4.69, 9.17) is 5.11 Å². The van der Waals surface area contributed by atoms with E-state index in [1.165, 1.54) is 0 Å². The van der Waals surface area contributed by atoms with Gasteiger partial charge in [0.05, 0.1) is 6.20 Å². The van der Waals surface area contributed by atoms with Crippen molar-refractivity contribution in [3.8, 4) is 0 Å². The third-order valence-electron chi connectivity index (χ3n) is 2.04. The summed E-state index contributed by atoms with van der Waals surface area (Å²) in [5, 5.41) is 11.5. The lowest BCUT2D eigenvalue weighted by molar-refractivity contribution is 0.0694. The monoisotopic (exact) mass is 225 g/mol. The third kappa shape index (κ3) is 3.38. The van der Waals surface area contributed by atoms with Crippen molar-refractivity contribution < 1.29 is 9.90 Å². The van der Waals surface area contributed by atoms with E-state index in [1.807, 2.05) is 0 Å². The van der Waals surface area contributed by atoms with Crippen LogP contribution in [0.3, 0.4) is 0 Å². The maximum atomic E-state index is 11.3. The maximum absolute atomic E-state index is 11.3. The number of rotatable bonds is 5. The van der Waals surface area contributed by atoms with Crippen LogP contribution < -0.4 is 10.9 Å². The molecule has 0 bridgehead atoms. The first-order valence-electron chi connectivity index (χ1n) is 5.07. The molecule has 0 aliphatic heterocycles. The van der Waals surface area contributed by atoms with Crippen LogP contribution in [0, 0.1) is 5.92 Å². The van der Waals surface area contributed by atoms with E-state index in [1.54, 1.807) is 0 Å². The standard InChI is InChI=1S/C10H15N3O3/c1-6(2)3-4-11-10-12-5-7(9(15)16)8(14)13-10/h5-6H,3-4H2,1-2H3,(H,15,16)(H2,11,12,13,14). The van der Waals surface area contributed by atoms with Gasteiger partial charge < -0.3 is 10.4 Å². The van der Waals surface area contributed by atoms with Gasteiger partial charge in [0.15, 0.2) is 0 Å². The van der Waals surface area contributed by atoms with Crippen LogP contribution in [0.4, 0.5) is 5.95 Å².